The molecule has 37 heavy (non-hydrogen) atoms. The van der Waals surface area contributed by atoms with E-state index in [-0.39, 0.29) is 24.6 Å². The predicted octanol–water partition coefficient (Wildman–Crippen LogP) is 4.89. The van der Waals surface area contributed by atoms with Crippen LogP contribution in [0.15, 0.2) is 83.9 Å². The molecule has 1 atom stereocenters. The van der Waals surface area contributed by atoms with E-state index >= 15 is 0 Å². The average Bonchev–Trinajstić information content (AvgIpc) is 2.91. The number of carbonyl (C=O) groups excluding carboxylic acids is 1. The number of piperazine rings is 1. The normalized spacial score (nSPS) is 15.4. The van der Waals surface area contributed by atoms with E-state index in [4.69, 9.17) is 10.5 Å². The number of halogens is 1. The number of fused-ring (bicyclic) bond motifs is 1. The molecule has 1 aromatic heterocycles. The maximum absolute atomic E-state index is 12.6. The summed E-state index contributed by atoms with van der Waals surface area (Å²) in [7, 11) is 0. The maximum Gasteiger partial charge on any atom is 0.330 e. The number of anilines is 4. The summed E-state index contributed by atoms with van der Waals surface area (Å²) in [6.07, 6.45) is 1.58. The molecule has 0 spiro atoms. The minimum absolute atomic E-state index is 0.206. The van der Waals surface area contributed by atoms with E-state index in [2.05, 4.69) is 66.2 Å². The van der Waals surface area contributed by atoms with Gasteiger partial charge in [-0.25, -0.2) is 9.78 Å². The van der Waals surface area contributed by atoms with Gasteiger partial charge in [0.1, 0.15) is 18.5 Å². The zero-order chi connectivity index (χ0) is 25.8. The summed E-state index contributed by atoms with van der Waals surface area (Å²) in [6, 6.07) is 21.7. The van der Waals surface area contributed by atoms with Crippen molar-refractivity contribution < 1.29 is 9.53 Å². The lowest BCUT2D eigenvalue weighted by atomic mass is 10.0. The molecule has 0 radical (unpaired) electrons. The molecule has 188 valence electrons. The third kappa shape index (κ3) is 5.58. The molecule has 1 aliphatic rings. The Morgan fingerprint density at radius 3 is 2.76 bits per heavy atom. The lowest BCUT2D eigenvalue weighted by Crippen LogP contribution is -2.55. The lowest BCUT2D eigenvalue weighted by molar-refractivity contribution is -0.144. The highest BCUT2D eigenvalue weighted by Crippen LogP contribution is 2.31. The molecule has 4 N–H and O–H groups in total. The molecule has 1 aliphatic heterocycles. The van der Waals surface area contributed by atoms with Crippen molar-refractivity contribution in [1.82, 2.24) is 15.3 Å². The van der Waals surface area contributed by atoms with Gasteiger partial charge in [-0.05, 0) is 53.6 Å². The molecule has 1 unspecified atom stereocenters. The largest absolute Gasteiger partial charge is 0.460 e. The van der Waals surface area contributed by atoms with Crippen LogP contribution in [0.25, 0.3) is 22.0 Å². The second kappa shape index (κ2) is 11.0. The van der Waals surface area contributed by atoms with Crippen molar-refractivity contribution in [2.75, 3.05) is 42.2 Å². The number of nitrogens with one attached hydrogen (secondary N) is 2. The first kappa shape index (κ1) is 24.7. The van der Waals surface area contributed by atoms with E-state index in [1.54, 1.807) is 6.08 Å². The van der Waals surface area contributed by atoms with E-state index in [0.717, 1.165) is 44.4 Å². The van der Waals surface area contributed by atoms with Gasteiger partial charge >= 0.3 is 5.97 Å². The molecule has 1 saturated heterocycles. The topological polar surface area (TPSA) is 105 Å². The van der Waals surface area contributed by atoms with Crippen LogP contribution in [0, 0.1) is 0 Å². The molecule has 0 amide bonds. The summed E-state index contributed by atoms with van der Waals surface area (Å²) in [5.74, 6) is 0.593. The molecule has 3 aromatic carbocycles. The van der Waals surface area contributed by atoms with Gasteiger partial charge in [0.05, 0.1) is 5.52 Å². The van der Waals surface area contributed by atoms with Crippen LogP contribution in [-0.4, -0.2) is 48.2 Å². The Balaban J connectivity index is 1.43. The van der Waals surface area contributed by atoms with E-state index < -0.39 is 0 Å². The van der Waals surface area contributed by atoms with Crippen LogP contribution in [0.5, 0.6) is 0 Å². The summed E-state index contributed by atoms with van der Waals surface area (Å²) in [4.78, 5) is 23.5. The average molecular weight is 559 g/mol. The first-order valence-corrected chi connectivity index (χ1v) is 12.8. The highest BCUT2D eigenvalue weighted by Gasteiger charge is 2.30. The fourth-order valence-electron chi connectivity index (χ4n) is 4.43. The van der Waals surface area contributed by atoms with E-state index in [1.165, 1.54) is 0 Å². The van der Waals surface area contributed by atoms with Crippen molar-refractivity contribution >= 4 is 55.9 Å². The van der Waals surface area contributed by atoms with Crippen LogP contribution in [0.3, 0.4) is 0 Å². The number of ether oxygens (including phenoxy) is 1. The summed E-state index contributed by atoms with van der Waals surface area (Å²) >= 11 is 3.50. The van der Waals surface area contributed by atoms with Gasteiger partial charge in [-0.2, -0.15) is 4.98 Å². The number of rotatable bonds is 7. The molecular formula is C28H27BrN6O2. The van der Waals surface area contributed by atoms with Crippen molar-refractivity contribution in [3.8, 4) is 11.1 Å². The minimum atomic E-state index is -0.380. The molecule has 0 aliphatic carbocycles. The number of benzene rings is 3. The predicted molar refractivity (Wildman–Crippen MR) is 152 cm³/mol. The van der Waals surface area contributed by atoms with E-state index in [0.29, 0.717) is 18.9 Å². The fraction of sp³-hybridized carbons (Fsp3) is 0.179. The molecule has 1 fully saturated rings. The molecule has 4 aromatic rings. The van der Waals surface area contributed by atoms with Gasteiger partial charge in [-0.15, -0.1) is 0 Å². The molecule has 5 rings (SSSR count). The summed E-state index contributed by atoms with van der Waals surface area (Å²) in [6.45, 7) is 5.88. The number of nitrogens with two attached hydrogens (primary N) is 1. The third-order valence-electron chi connectivity index (χ3n) is 6.19. The Bertz CT molecular complexity index is 1440. The Kier molecular flexibility index (Phi) is 7.34. The van der Waals surface area contributed by atoms with Crippen molar-refractivity contribution in [1.29, 1.82) is 0 Å². The Hall–Kier alpha value is -3.95. The Labute approximate surface area is 223 Å². The van der Waals surface area contributed by atoms with Crippen molar-refractivity contribution in [3.05, 3.63) is 83.9 Å². The van der Waals surface area contributed by atoms with Gasteiger partial charge in [0.15, 0.2) is 0 Å². The molecule has 8 nitrogen and oxygen atoms in total. The van der Waals surface area contributed by atoms with Gasteiger partial charge in [-0.3, -0.25) is 0 Å². The van der Waals surface area contributed by atoms with Crippen LogP contribution in [0.4, 0.5) is 23.1 Å². The quantitative estimate of drug-likeness (QED) is 0.217. The zero-order valence-electron chi connectivity index (χ0n) is 20.2. The number of nitrogens with zero attached hydrogens (tertiary/aromatic N) is 3. The second-order valence-corrected chi connectivity index (χ2v) is 9.59. The zero-order valence-corrected chi connectivity index (χ0v) is 21.7. The number of hydrogen-bond donors (Lipinski definition) is 3. The number of hydrogen-bond acceptors (Lipinski definition) is 8. The van der Waals surface area contributed by atoms with Gasteiger partial charge in [0.2, 0.25) is 5.95 Å². The minimum Gasteiger partial charge on any atom is -0.460 e. The van der Waals surface area contributed by atoms with Gasteiger partial charge in [0.25, 0.3) is 0 Å². The van der Waals surface area contributed by atoms with Crippen LogP contribution in [0.2, 0.25) is 0 Å². The molecule has 0 saturated carbocycles. The Morgan fingerprint density at radius 2 is 1.97 bits per heavy atom. The van der Waals surface area contributed by atoms with Crippen LogP contribution in [0.1, 0.15) is 0 Å². The van der Waals surface area contributed by atoms with Crippen LogP contribution in [-0.2, 0) is 9.53 Å². The fourth-order valence-corrected chi connectivity index (χ4v) is 4.83. The van der Waals surface area contributed by atoms with Crippen LogP contribution < -0.4 is 21.3 Å². The standard InChI is InChI=1S/C28H27BrN6O2/c1-2-14-37-27(36)25-17-31-12-13-35(25)22-9-6-18(7-10-22)19-8-11-24-23(15-19)26(34-28(30)33-24)32-21-5-3-4-20(29)16-21/h2-11,15-16,25,31H,1,12-14,17H2,(H3,30,32,33,34). The monoisotopic (exact) mass is 558 g/mol. The number of carbonyl (C=O) groups is 1. The lowest BCUT2D eigenvalue weighted by Gasteiger charge is -2.36. The Morgan fingerprint density at radius 1 is 1.16 bits per heavy atom. The maximum atomic E-state index is 12.6. The number of esters is 1. The molecule has 9 heteroatoms. The van der Waals surface area contributed by atoms with Crippen LogP contribution >= 0.6 is 15.9 Å². The third-order valence-corrected chi connectivity index (χ3v) is 6.68. The highest BCUT2D eigenvalue weighted by molar-refractivity contribution is 9.10. The van der Waals surface area contributed by atoms with Gasteiger partial charge in [-0.1, -0.05) is 52.9 Å². The van der Waals surface area contributed by atoms with E-state index in [1.807, 2.05) is 48.5 Å². The summed E-state index contributed by atoms with van der Waals surface area (Å²) in [5.41, 5.74) is 10.7. The summed E-state index contributed by atoms with van der Waals surface area (Å²) < 4.78 is 6.28. The number of nitrogen functional groups attached to an aromatic ring is 1. The van der Waals surface area contributed by atoms with Crippen molar-refractivity contribution in [2.24, 2.45) is 0 Å². The second-order valence-electron chi connectivity index (χ2n) is 8.68. The molecule has 0 bridgehead atoms. The summed E-state index contributed by atoms with van der Waals surface area (Å²) in [5, 5.41) is 7.51. The van der Waals surface area contributed by atoms with E-state index in [9.17, 15) is 4.79 Å². The first-order valence-electron chi connectivity index (χ1n) is 12.0. The van der Waals surface area contributed by atoms with Gasteiger partial charge in [0, 0.05) is 40.9 Å². The first-order chi connectivity index (χ1) is 18.0. The number of aromatic nitrogens is 2. The van der Waals surface area contributed by atoms with Crippen molar-refractivity contribution in [2.45, 2.75) is 6.04 Å². The molecular weight excluding hydrogens is 532 g/mol. The van der Waals surface area contributed by atoms with Crippen molar-refractivity contribution in [3.63, 3.8) is 0 Å². The van der Waals surface area contributed by atoms with Gasteiger partial charge < -0.3 is 26.0 Å². The highest BCUT2D eigenvalue weighted by atomic mass is 79.9. The molecule has 2 heterocycles. The smallest absolute Gasteiger partial charge is 0.330 e. The SMILES string of the molecule is C=CCOC(=O)C1CNCCN1c1ccc(-c2ccc3nc(N)nc(Nc4cccc(Br)c4)c3c2)cc1.